The monoisotopic (exact) mass is 377 g/mol. The van der Waals surface area contributed by atoms with Crippen molar-refractivity contribution in [2.24, 2.45) is 0 Å². The minimum atomic E-state index is -0.176. The zero-order valence-corrected chi connectivity index (χ0v) is 15.8. The predicted molar refractivity (Wildman–Crippen MR) is 103 cm³/mol. The molecule has 2 aromatic rings. The highest BCUT2D eigenvalue weighted by Crippen LogP contribution is 2.41. The average Bonchev–Trinajstić information content (AvgIpc) is 2.64. The summed E-state index contributed by atoms with van der Waals surface area (Å²) in [6.07, 6.45) is 2.97. The smallest absolute Gasteiger partial charge is 0.126 e. The number of ether oxygens (including phenoxy) is 2. The van der Waals surface area contributed by atoms with E-state index in [0.29, 0.717) is 12.2 Å². The fraction of sp³-hybridized carbons (Fsp3) is 0.429. The summed E-state index contributed by atoms with van der Waals surface area (Å²) in [6.45, 7) is 5.00. The van der Waals surface area contributed by atoms with Gasteiger partial charge in [0.1, 0.15) is 18.2 Å². The van der Waals surface area contributed by atoms with E-state index in [0.717, 1.165) is 50.3 Å². The summed E-state index contributed by atoms with van der Waals surface area (Å²) >= 11 is 0. The number of hydrogen-bond donors (Lipinski definition) is 1. The third-order valence-electron chi connectivity index (χ3n) is 5.36. The molecule has 0 atom stereocenters. The van der Waals surface area contributed by atoms with Crippen LogP contribution in [0.5, 0.6) is 5.75 Å². The van der Waals surface area contributed by atoms with Gasteiger partial charge in [-0.05, 0) is 85.8 Å². The van der Waals surface area contributed by atoms with Crippen molar-refractivity contribution in [3.63, 3.8) is 0 Å². The van der Waals surface area contributed by atoms with E-state index in [1.54, 1.807) is 13.0 Å². The Balaban J connectivity index is 0.00000196. The van der Waals surface area contributed by atoms with E-state index in [4.69, 9.17) is 9.47 Å². The largest absolute Gasteiger partial charge is 0.489 e. The van der Waals surface area contributed by atoms with E-state index in [-0.39, 0.29) is 23.8 Å². The lowest BCUT2D eigenvalue weighted by Crippen LogP contribution is -2.44. The first-order valence-electron chi connectivity index (χ1n) is 9.02. The summed E-state index contributed by atoms with van der Waals surface area (Å²) in [5.74, 6) is 0.691. The molecule has 26 heavy (non-hydrogen) atoms. The van der Waals surface area contributed by atoms with E-state index < -0.39 is 0 Å². The Bertz CT molecular complexity index is 775. The van der Waals surface area contributed by atoms with Gasteiger partial charge in [-0.15, -0.1) is 12.4 Å². The highest BCUT2D eigenvalue weighted by atomic mass is 35.5. The van der Waals surface area contributed by atoms with Crippen LogP contribution < -0.4 is 10.1 Å². The average molecular weight is 378 g/mol. The van der Waals surface area contributed by atoms with Crippen LogP contribution in [0.3, 0.4) is 0 Å². The molecule has 0 unspecified atom stereocenters. The van der Waals surface area contributed by atoms with Crippen LogP contribution in [-0.4, -0.2) is 19.7 Å². The van der Waals surface area contributed by atoms with Gasteiger partial charge in [-0.3, -0.25) is 0 Å². The molecule has 2 aliphatic rings. The topological polar surface area (TPSA) is 30.5 Å². The summed E-state index contributed by atoms with van der Waals surface area (Å²) in [7, 11) is 0. The summed E-state index contributed by atoms with van der Waals surface area (Å²) in [6, 6.07) is 11.5. The molecule has 0 aliphatic carbocycles. The second-order valence-corrected chi connectivity index (χ2v) is 7.03. The number of halogens is 2. The van der Waals surface area contributed by atoms with E-state index in [2.05, 4.69) is 17.4 Å². The molecule has 4 rings (SSSR count). The van der Waals surface area contributed by atoms with Crippen LogP contribution in [-0.2, 0) is 23.4 Å². The van der Waals surface area contributed by atoms with Gasteiger partial charge in [0.05, 0.1) is 12.2 Å². The van der Waals surface area contributed by atoms with Crippen molar-refractivity contribution in [1.82, 2.24) is 5.32 Å². The predicted octanol–water partition coefficient (Wildman–Crippen LogP) is 4.29. The molecule has 140 valence electrons. The van der Waals surface area contributed by atoms with Gasteiger partial charge in [0.2, 0.25) is 0 Å². The second-order valence-electron chi connectivity index (χ2n) is 7.03. The third-order valence-corrected chi connectivity index (χ3v) is 5.36. The van der Waals surface area contributed by atoms with Gasteiger partial charge in [0.25, 0.3) is 0 Å². The first-order chi connectivity index (χ1) is 12.2. The molecule has 1 N–H and O–H groups in total. The summed E-state index contributed by atoms with van der Waals surface area (Å²) < 4.78 is 25.5. The Hall–Kier alpha value is -1.62. The van der Waals surface area contributed by atoms with Gasteiger partial charge < -0.3 is 14.8 Å². The minimum Gasteiger partial charge on any atom is -0.489 e. The Morgan fingerprint density at radius 3 is 2.73 bits per heavy atom. The zero-order chi connectivity index (χ0) is 17.3. The SMILES string of the molecule is Cc1cc(COc2ccc3c(c2)CCOC32CCNCC2)ccc1F.Cl. The van der Waals surface area contributed by atoms with Crippen LogP contribution in [0.4, 0.5) is 4.39 Å². The lowest BCUT2D eigenvalue weighted by Gasteiger charge is -2.42. The van der Waals surface area contributed by atoms with Gasteiger partial charge in [-0.25, -0.2) is 4.39 Å². The van der Waals surface area contributed by atoms with Crippen molar-refractivity contribution in [2.75, 3.05) is 19.7 Å². The molecule has 2 aliphatic heterocycles. The standard InChI is InChI=1S/C21H24FNO2.ClH/c1-15-12-16(2-5-20(15)22)14-24-18-3-4-19-17(13-18)6-11-25-21(19)7-9-23-10-8-21;/h2-5,12-13,23H,6-11,14H2,1H3;1H. The Morgan fingerprint density at radius 2 is 1.96 bits per heavy atom. The molecule has 0 radical (unpaired) electrons. The molecule has 0 aromatic heterocycles. The van der Waals surface area contributed by atoms with Crippen LogP contribution in [0.1, 0.15) is 35.1 Å². The number of hydrogen-bond acceptors (Lipinski definition) is 3. The maximum atomic E-state index is 13.4. The molecule has 1 saturated heterocycles. The highest BCUT2D eigenvalue weighted by molar-refractivity contribution is 5.85. The van der Waals surface area contributed by atoms with Gasteiger partial charge in [-0.2, -0.15) is 0 Å². The summed E-state index contributed by atoms with van der Waals surface area (Å²) in [5, 5.41) is 3.41. The Morgan fingerprint density at radius 1 is 1.15 bits per heavy atom. The van der Waals surface area contributed by atoms with Crippen molar-refractivity contribution in [3.8, 4) is 5.75 Å². The van der Waals surface area contributed by atoms with Crippen molar-refractivity contribution >= 4 is 12.4 Å². The molecule has 0 amide bonds. The number of piperidine rings is 1. The lowest BCUT2D eigenvalue weighted by atomic mass is 9.80. The van der Waals surface area contributed by atoms with E-state index in [1.165, 1.54) is 17.2 Å². The fourth-order valence-electron chi connectivity index (χ4n) is 3.95. The van der Waals surface area contributed by atoms with Crippen molar-refractivity contribution in [2.45, 2.75) is 38.4 Å². The number of benzene rings is 2. The number of rotatable bonds is 3. The minimum absolute atomic E-state index is 0. The van der Waals surface area contributed by atoms with E-state index >= 15 is 0 Å². The first kappa shape index (κ1) is 19.2. The van der Waals surface area contributed by atoms with Gasteiger partial charge in [-0.1, -0.05) is 12.1 Å². The highest BCUT2D eigenvalue weighted by Gasteiger charge is 2.38. The van der Waals surface area contributed by atoms with E-state index in [9.17, 15) is 4.39 Å². The third kappa shape index (κ3) is 3.73. The molecule has 2 aromatic carbocycles. The number of aryl methyl sites for hydroxylation is 1. The number of fused-ring (bicyclic) bond motifs is 2. The molecule has 5 heteroatoms. The fourth-order valence-corrected chi connectivity index (χ4v) is 3.95. The molecular weight excluding hydrogens is 353 g/mol. The van der Waals surface area contributed by atoms with Crippen LogP contribution in [0.15, 0.2) is 36.4 Å². The molecule has 1 spiro atoms. The van der Waals surface area contributed by atoms with Crippen molar-refractivity contribution in [3.05, 3.63) is 64.5 Å². The second kappa shape index (κ2) is 7.95. The molecule has 2 heterocycles. The molecular formula is C21H25ClFNO2. The van der Waals surface area contributed by atoms with Crippen LogP contribution >= 0.6 is 12.4 Å². The maximum Gasteiger partial charge on any atom is 0.126 e. The molecule has 1 fully saturated rings. The molecule has 0 saturated carbocycles. The van der Waals surface area contributed by atoms with Gasteiger partial charge in [0.15, 0.2) is 0 Å². The zero-order valence-electron chi connectivity index (χ0n) is 15.0. The maximum absolute atomic E-state index is 13.4. The van der Waals surface area contributed by atoms with E-state index in [1.807, 2.05) is 12.1 Å². The molecule has 0 bridgehead atoms. The van der Waals surface area contributed by atoms with Gasteiger partial charge in [0, 0.05) is 0 Å². The summed E-state index contributed by atoms with van der Waals surface area (Å²) in [5.41, 5.74) is 4.17. The normalized spacial score (nSPS) is 18.1. The van der Waals surface area contributed by atoms with Crippen LogP contribution in [0, 0.1) is 12.7 Å². The van der Waals surface area contributed by atoms with Crippen LogP contribution in [0.2, 0.25) is 0 Å². The Labute approximate surface area is 160 Å². The number of nitrogens with one attached hydrogen (secondary N) is 1. The van der Waals surface area contributed by atoms with Gasteiger partial charge >= 0.3 is 0 Å². The van der Waals surface area contributed by atoms with Crippen molar-refractivity contribution in [1.29, 1.82) is 0 Å². The van der Waals surface area contributed by atoms with Crippen LogP contribution in [0.25, 0.3) is 0 Å². The quantitative estimate of drug-likeness (QED) is 0.865. The Kier molecular flexibility index (Phi) is 5.86. The first-order valence-corrected chi connectivity index (χ1v) is 9.02. The summed E-state index contributed by atoms with van der Waals surface area (Å²) in [4.78, 5) is 0. The van der Waals surface area contributed by atoms with Crippen molar-refractivity contribution < 1.29 is 13.9 Å². The lowest BCUT2D eigenvalue weighted by molar-refractivity contribution is -0.0802. The molecule has 3 nitrogen and oxygen atoms in total.